The lowest BCUT2D eigenvalue weighted by atomic mass is 9.82. The Bertz CT molecular complexity index is 400. The number of amides is 2. The normalized spacial score (nSPS) is 30.0. The molecule has 4 heteroatoms. The molecule has 1 heterocycles. The molecule has 0 aromatic rings. The first-order chi connectivity index (χ1) is 10.2. The summed E-state index contributed by atoms with van der Waals surface area (Å²) in [5.41, 5.74) is 0. The Hall–Kier alpha value is -1.06. The highest BCUT2D eigenvalue weighted by Gasteiger charge is 2.43. The molecule has 21 heavy (non-hydrogen) atoms. The summed E-state index contributed by atoms with van der Waals surface area (Å²) in [7, 11) is 0. The van der Waals surface area contributed by atoms with Gasteiger partial charge in [-0.15, -0.1) is 0 Å². The molecule has 0 radical (unpaired) electrons. The van der Waals surface area contributed by atoms with Gasteiger partial charge in [0.15, 0.2) is 0 Å². The minimum absolute atomic E-state index is 0.0567. The molecule has 1 N–H and O–H groups in total. The Morgan fingerprint density at radius 3 is 2.48 bits per heavy atom. The average Bonchev–Trinajstić information content (AvgIpc) is 3.33. The minimum atomic E-state index is -0.238. The average molecular weight is 292 g/mol. The van der Waals surface area contributed by atoms with E-state index < -0.39 is 0 Å². The Labute approximate surface area is 127 Å². The van der Waals surface area contributed by atoms with Crippen LogP contribution in [-0.4, -0.2) is 35.3 Å². The summed E-state index contributed by atoms with van der Waals surface area (Å²) in [5, 5.41) is 2.97. The van der Waals surface area contributed by atoms with Crippen LogP contribution >= 0.6 is 0 Å². The zero-order valence-corrected chi connectivity index (χ0v) is 13.1. The Kier molecular flexibility index (Phi) is 4.51. The third kappa shape index (κ3) is 3.24. The molecule has 2 atom stereocenters. The summed E-state index contributed by atoms with van der Waals surface area (Å²) in [5.74, 6) is 1.29. The van der Waals surface area contributed by atoms with Crippen LogP contribution in [0.25, 0.3) is 0 Å². The summed E-state index contributed by atoms with van der Waals surface area (Å²) in [6.45, 7) is 2.81. The largest absolute Gasteiger partial charge is 0.344 e. The lowest BCUT2D eigenvalue weighted by Crippen LogP contribution is -2.51. The van der Waals surface area contributed by atoms with E-state index in [1.54, 1.807) is 0 Å². The number of hydrogen-bond donors (Lipinski definition) is 1. The van der Waals surface area contributed by atoms with Crippen LogP contribution < -0.4 is 5.32 Å². The van der Waals surface area contributed by atoms with E-state index in [0.717, 1.165) is 19.3 Å². The standard InChI is InChI=1S/C17H28N2O2/c1-2-14(12-6-4-3-5-7-12)19-11-10-15(20)18-16(17(19)21)13-8-9-13/h12-14,16H,2-11H2,1H3,(H,18,20). The lowest BCUT2D eigenvalue weighted by Gasteiger charge is -2.38. The molecule has 0 aromatic carbocycles. The molecule has 1 aliphatic heterocycles. The van der Waals surface area contributed by atoms with Crippen molar-refractivity contribution in [1.29, 1.82) is 0 Å². The maximum atomic E-state index is 12.9. The van der Waals surface area contributed by atoms with Gasteiger partial charge >= 0.3 is 0 Å². The first-order valence-corrected chi connectivity index (χ1v) is 8.80. The molecule has 0 aromatic heterocycles. The molecule has 1 saturated heterocycles. The van der Waals surface area contributed by atoms with Crippen LogP contribution in [0.4, 0.5) is 0 Å². The van der Waals surface area contributed by atoms with Crippen LogP contribution in [0.1, 0.15) is 64.7 Å². The van der Waals surface area contributed by atoms with Gasteiger partial charge in [-0.1, -0.05) is 26.2 Å². The van der Waals surface area contributed by atoms with Gasteiger partial charge in [0.25, 0.3) is 0 Å². The number of rotatable bonds is 4. The van der Waals surface area contributed by atoms with Crippen molar-refractivity contribution in [2.24, 2.45) is 11.8 Å². The first kappa shape index (κ1) is 14.9. The van der Waals surface area contributed by atoms with Crippen molar-refractivity contribution >= 4 is 11.8 Å². The molecule has 2 unspecified atom stereocenters. The molecule has 3 aliphatic rings. The van der Waals surface area contributed by atoms with Crippen molar-refractivity contribution in [1.82, 2.24) is 10.2 Å². The molecule has 2 saturated carbocycles. The quantitative estimate of drug-likeness (QED) is 0.865. The highest BCUT2D eigenvalue weighted by molar-refractivity contribution is 5.90. The van der Waals surface area contributed by atoms with E-state index in [9.17, 15) is 9.59 Å². The molecule has 0 bridgehead atoms. The maximum Gasteiger partial charge on any atom is 0.245 e. The fraction of sp³-hybridized carbons (Fsp3) is 0.882. The van der Waals surface area contributed by atoms with Gasteiger partial charge in [0.2, 0.25) is 11.8 Å². The SMILES string of the molecule is CCC(C1CCCCC1)N1CCC(=O)NC(C2CC2)C1=O. The molecule has 118 valence electrons. The fourth-order valence-electron chi connectivity index (χ4n) is 4.22. The van der Waals surface area contributed by atoms with Gasteiger partial charge in [-0.2, -0.15) is 0 Å². The van der Waals surface area contributed by atoms with Gasteiger partial charge in [-0.25, -0.2) is 0 Å². The zero-order valence-electron chi connectivity index (χ0n) is 13.1. The highest BCUT2D eigenvalue weighted by Crippen LogP contribution is 2.36. The lowest BCUT2D eigenvalue weighted by molar-refractivity contribution is -0.137. The second-order valence-electron chi connectivity index (χ2n) is 7.04. The topological polar surface area (TPSA) is 49.4 Å². The highest BCUT2D eigenvalue weighted by atomic mass is 16.2. The van der Waals surface area contributed by atoms with Crippen molar-refractivity contribution in [3.8, 4) is 0 Å². The third-order valence-electron chi connectivity index (χ3n) is 5.55. The summed E-state index contributed by atoms with van der Waals surface area (Å²) in [6, 6.07) is 0.101. The van der Waals surface area contributed by atoms with Crippen LogP contribution in [0.5, 0.6) is 0 Å². The number of hydrogen-bond acceptors (Lipinski definition) is 2. The van der Waals surface area contributed by atoms with Gasteiger partial charge in [-0.3, -0.25) is 9.59 Å². The summed E-state index contributed by atoms with van der Waals surface area (Å²) in [4.78, 5) is 26.9. The Morgan fingerprint density at radius 2 is 1.86 bits per heavy atom. The van der Waals surface area contributed by atoms with Crippen molar-refractivity contribution < 1.29 is 9.59 Å². The summed E-state index contributed by atoms with van der Waals surface area (Å²) < 4.78 is 0. The molecular weight excluding hydrogens is 264 g/mol. The van der Waals surface area contributed by atoms with E-state index in [1.807, 2.05) is 0 Å². The number of nitrogens with zero attached hydrogens (tertiary/aromatic N) is 1. The van der Waals surface area contributed by atoms with E-state index in [2.05, 4.69) is 17.1 Å². The molecule has 0 spiro atoms. The fourth-order valence-corrected chi connectivity index (χ4v) is 4.22. The first-order valence-electron chi connectivity index (χ1n) is 8.80. The predicted octanol–water partition coefficient (Wildman–Crippen LogP) is 2.47. The monoisotopic (exact) mass is 292 g/mol. The van der Waals surface area contributed by atoms with E-state index >= 15 is 0 Å². The van der Waals surface area contributed by atoms with Crippen molar-refractivity contribution in [2.75, 3.05) is 6.54 Å². The van der Waals surface area contributed by atoms with Gasteiger partial charge < -0.3 is 10.2 Å². The van der Waals surface area contributed by atoms with Crippen LogP contribution in [0.2, 0.25) is 0 Å². The predicted molar refractivity (Wildman–Crippen MR) is 81.6 cm³/mol. The Morgan fingerprint density at radius 1 is 1.14 bits per heavy atom. The minimum Gasteiger partial charge on any atom is -0.344 e. The molecule has 2 amide bonds. The maximum absolute atomic E-state index is 12.9. The van der Waals surface area contributed by atoms with Crippen LogP contribution in [0, 0.1) is 11.8 Å². The van der Waals surface area contributed by atoms with Gasteiger partial charge in [-0.05, 0) is 43.9 Å². The van der Waals surface area contributed by atoms with E-state index in [1.165, 1.54) is 32.1 Å². The molecule has 4 nitrogen and oxygen atoms in total. The summed E-state index contributed by atoms with van der Waals surface area (Å²) >= 11 is 0. The third-order valence-corrected chi connectivity index (χ3v) is 5.55. The van der Waals surface area contributed by atoms with Crippen molar-refractivity contribution in [3.63, 3.8) is 0 Å². The van der Waals surface area contributed by atoms with Crippen LogP contribution in [0.15, 0.2) is 0 Å². The smallest absolute Gasteiger partial charge is 0.245 e. The van der Waals surface area contributed by atoms with Crippen molar-refractivity contribution in [2.45, 2.75) is 76.8 Å². The zero-order chi connectivity index (χ0) is 14.8. The summed E-state index contributed by atoms with van der Waals surface area (Å²) in [6.07, 6.45) is 10.1. The van der Waals surface area contributed by atoms with Crippen LogP contribution in [0.3, 0.4) is 0 Å². The number of carbonyl (C=O) groups excluding carboxylic acids is 2. The molecule has 2 aliphatic carbocycles. The van der Waals surface area contributed by atoms with Crippen molar-refractivity contribution in [3.05, 3.63) is 0 Å². The van der Waals surface area contributed by atoms with E-state index in [-0.39, 0.29) is 17.9 Å². The van der Waals surface area contributed by atoms with E-state index in [0.29, 0.717) is 30.8 Å². The number of nitrogens with one attached hydrogen (secondary N) is 1. The number of carbonyl (C=O) groups is 2. The molecular formula is C17H28N2O2. The van der Waals surface area contributed by atoms with E-state index in [4.69, 9.17) is 0 Å². The molecule has 3 rings (SSSR count). The van der Waals surface area contributed by atoms with Gasteiger partial charge in [0.1, 0.15) is 6.04 Å². The van der Waals surface area contributed by atoms with Crippen LogP contribution in [-0.2, 0) is 9.59 Å². The van der Waals surface area contributed by atoms with Gasteiger partial charge in [0, 0.05) is 19.0 Å². The second-order valence-corrected chi connectivity index (χ2v) is 7.04. The second kappa shape index (κ2) is 6.37. The Balaban J connectivity index is 1.76. The van der Waals surface area contributed by atoms with Gasteiger partial charge in [0.05, 0.1) is 0 Å². The molecule has 3 fully saturated rings.